The van der Waals surface area contributed by atoms with Crippen LogP contribution in [0.4, 0.5) is 0 Å². The highest BCUT2D eigenvalue weighted by atomic mass is 16.1. The molecule has 5 nitrogen and oxygen atoms in total. The van der Waals surface area contributed by atoms with Crippen molar-refractivity contribution in [1.82, 2.24) is 0 Å². The molecule has 0 aliphatic carbocycles. The number of carbonyl (C=O) groups excluding carboxylic acids is 1. The van der Waals surface area contributed by atoms with Gasteiger partial charge >= 0.3 is 0 Å². The number of hydrogen-bond acceptors (Lipinski definition) is 4. The zero-order valence-electron chi connectivity index (χ0n) is 5.53. The van der Waals surface area contributed by atoms with Gasteiger partial charge in [0.1, 0.15) is 6.04 Å². The standard InChI is InChI=1S/C5H8N4O/c1-2-3(6)4(10)9-5(7)8-2/h3H,6H2,1H3,(H2,7,9,10). The highest BCUT2D eigenvalue weighted by Crippen LogP contribution is 1.96. The van der Waals surface area contributed by atoms with Gasteiger partial charge in [-0.2, -0.15) is 4.99 Å². The maximum atomic E-state index is 10.7. The van der Waals surface area contributed by atoms with Gasteiger partial charge in [0.25, 0.3) is 5.91 Å². The number of guanidine groups is 1. The van der Waals surface area contributed by atoms with Crippen molar-refractivity contribution in [3.8, 4) is 0 Å². The predicted octanol–water partition coefficient (Wildman–Crippen LogP) is -1.37. The fourth-order valence-electron chi connectivity index (χ4n) is 0.636. The molecule has 0 aromatic carbocycles. The third-order valence-electron chi connectivity index (χ3n) is 1.23. The van der Waals surface area contributed by atoms with Crippen LogP contribution in [0.15, 0.2) is 9.98 Å². The van der Waals surface area contributed by atoms with Crippen molar-refractivity contribution in [1.29, 1.82) is 0 Å². The first-order valence-electron chi connectivity index (χ1n) is 2.80. The van der Waals surface area contributed by atoms with Crippen LogP contribution in [0.25, 0.3) is 0 Å². The lowest BCUT2D eigenvalue weighted by atomic mass is 10.2. The Hall–Kier alpha value is -1.23. The van der Waals surface area contributed by atoms with Gasteiger partial charge in [0, 0.05) is 5.71 Å². The fraction of sp³-hybridized carbons (Fsp3) is 0.400. The van der Waals surface area contributed by atoms with Gasteiger partial charge in [-0.3, -0.25) is 4.79 Å². The van der Waals surface area contributed by atoms with Gasteiger partial charge in [0.15, 0.2) is 0 Å². The summed E-state index contributed by atoms with van der Waals surface area (Å²) >= 11 is 0. The van der Waals surface area contributed by atoms with Crippen LogP contribution in [-0.2, 0) is 4.79 Å². The number of rotatable bonds is 0. The number of nitrogens with zero attached hydrogens (tertiary/aromatic N) is 2. The van der Waals surface area contributed by atoms with E-state index in [4.69, 9.17) is 11.5 Å². The molecule has 1 rings (SSSR count). The molecule has 0 spiro atoms. The summed E-state index contributed by atoms with van der Waals surface area (Å²) in [6.07, 6.45) is 0. The molecular formula is C5H8N4O. The zero-order valence-corrected chi connectivity index (χ0v) is 5.53. The second-order valence-electron chi connectivity index (χ2n) is 2.04. The predicted molar refractivity (Wildman–Crippen MR) is 37.7 cm³/mol. The monoisotopic (exact) mass is 140 g/mol. The molecule has 0 saturated carbocycles. The lowest BCUT2D eigenvalue weighted by Crippen LogP contribution is -2.41. The second-order valence-corrected chi connectivity index (χ2v) is 2.04. The molecule has 4 N–H and O–H groups in total. The van der Waals surface area contributed by atoms with Gasteiger partial charge in [0.05, 0.1) is 0 Å². The number of carbonyl (C=O) groups is 1. The van der Waals surface area contributed by atoms with Crippen molar-refractivity contribution in [3.63, 3.8) is 0 Å². The van der Waals surface area contributed by atoms with Crippen LogP contribution in [0.5, 0.6) is 0 Å². The molecule has 1 heterocycles. The van der Waals surface area contributed by atoms with Crippen molar-refractivity contribution in [2.45, 2.75) is 13.0 Å². The van der Waals surface area contributed by atoms with Crippen molar-refractivity contribution in [2.75, 3.05) is 0 Å². The van der Waals surface area contributed by atoms with Gasteiger partial charge in [0.2, 0.25) is 5.96 Å². The summed E-state index contributed by atoms with van der Waals surface area (Å²) in [5.41, 5.74) is 11.0. The summed E-state index contributed by atoms with van der Waals surface area (Å²) in [4.78, 5) is 17.8. The summed E-state index contributed by atoms with van der Waals surface area (Å²) in [7, 11) is 0. The Balaban J connectivity index is 2.95. The Labute approximate surface area is 57.8 Å². The van der Waals surface area contributed by atoms with Crippen LogP contribution >= 0.6 is 0 Å². The van der Waals surface area contributed by atoms with Crippen LogP contribution in [0, 0.1) is 0 Å². The maximum absolute atomic E-state index is 10.7. The Morgan fingerprint density at radius 1 is 1.50 bits per heavy atom. The summed E-state index contributed by atoms with van der Waals surface area (Å²) in [5, 5.41) is 0. The lowest BCUT2D eigenvalue weighted by Gasteiger charge is -2.10. The Kier molecular flexibility index (Phi) is 1.50. The largest absolute Gasteiger partial charge is 0.368 e. The van der Waals surface area contributed by atoms with Crippen molar-refractivity contribution in [2.24, 2.45) is 21.5 Å². The fourth-order valence-corrected chi connectivity index (χ4v) is 0.636. The average molecular weight is 140 g/mol. The molecule has 10 heavy (non-hydrogen) atoms. The normalized spacial score (nSPS) is 25.8. The van der Waals surface area contributed by atoms with E-state index >= 15 is 0 Å². The first kappa shape index (κ1) is 6.88. The molecular weight excluding hydrogens is 132 g/mol. The number of aliphatic imine (C=N–C) groups is 2. The molecule has 0 aromatic heterocycles. The third kappa shape index (κ3) is 1.03. The minimum atomic E-state index is -0.702. The second kappa shape index (κ2) is 2.18. The molecule has 54 valence electrons. The highest BCUT2D eigenvalue weighted by molar-refractivity contribution is 6.17. The first-order valence-corrected chi connectivity index (χ1v) is 2.80. The third-order valence-corrected chi connectivity index (χ3v) is 1.23. The molecule has 1 amide bonds. The smallest absolute Gasteiger partial charge is 0.271 e. The van der Waals surface area contributed by atoms with Gasteiger partial charge in [-0.05, 0) is 6.92 Å². The van der Waals surface area contributed by atoms with E-state index in [1.807, 2.05) is 0 Å². The summed E-state index contributed by atoms with van der Waals surface area (Å²) in [6.45, 7) is 1.64. The molecule has 0 bridgehead atoms. The van der Waals surface area contributed by atoms with Crippen LogP contribution < -0.4 is 11.5 Å². The van der Waals surface area contributed by atoms with Crippen LogP contribution in [0.3, 0.4) is 0 Å². The van der Waals surface area contributed by atoms with Gasteiger partial charge in [-0.1, -0.05) is 0 Å². The molecule has 0 radical (unpaired) electrons. The molecule has 1 atom stereocenters. The van der Waals surface area contributed by atoms with E-state index < -0.39 is 11.9 Å². The van der Waals surface area contributed by atoms with Crippen LogP contribution in [0.1, 0.15) is 6.92 Å². The Morgan fingerprint density at radius 3 is 2.60 bits per heavy atom. The van der Waals surface area contributed by atoms with E-state index in [1.54, 1.807) is 6.92 Å². The van der Waals surface area contributed by atoms with E-state index in [0.29, 0.717) is 5.71 Å². The Bertz CT molecular complexity index is 230. The number of amides is 1. The maximum Gasteiger partial charge on any atom is 0.271 e. The van der Waals surface area contributed by atoms with Crippen molar-refractivity contribution in [3.05, 3.63) is 0 Å². The van der Waals surface area contributed by atoms with E-state index in [2.05, 4.69) is 9.98 Å². The molecule has 1 aliphatic rings. The van der Waals surface area contributed by atoms with Gasteiger partial charge in [-0.15, -0.1) is 0 Å². The highest BCUT2D eigenvalue weighted by Gasteiger charge is 2.20. The van der Waals surface area contributed by atoms with Crippen LogP contribution in [0.2, 0.25) is 0 Å². The average Bonchev–Trinajstić information content (AvgIpc) is 1.82. The molecule has 0 fully saturated rings. The van der Waals surface area contributed by atoms with Gasteiger partial charge in [-0.25, -0.2) is 4.99 Å². The molecule has 5 heteroatoms. The van der Waals surface area contributed by atoms with E-state index in [0.717, 1.165) is 0 Å². The molecule has 1 aliphatic heterocycles. The Morgan fingerprint density at radius 2 is 2.10 bits per heavy atom. The molecule has 1 unspecified atom stereocenters. The summed E-state index contributed by atoms with van der Waals surface area (Å²) < 4.78 is 0. The minimum absolute atomic E-state index is 0.01000. The number of nitrogens with two attached hydrogens (primary N) is 2. The van der Waals surface area contributed by atoms with E-state index in [1.165, 1.54) is 0 Å². The van der Waals surface area contributed by atoms with Crippen LogP contribution in [-0.4, -0.2) is 23.6 Å². The summed E-state index contributed by atoms with van der Waals surface area (Å²) in [6, 6.07) is -0.702. The van der Waals surface area contributed by atoms with Crippen molar-refractivity contribution < 1.29 is 4.79 Å². The quantitative estimate of drug-likeness (QED) is 0.434. The van der Waals surface area contributed by atoms with E-state index in [9.17, 15) is 4.79 Å². The van der Waals surface area contributed by atoms with E-state index in [-0.39, 0.29) is 5.96 Å². The molecule has 0 saturated heterocycles. The lowest BCUT2D eigenvalue weighted by molar-refractivity contribution is -0.117. The molecule has 0 aromatic rings. The zero-order chi connectivity index (χ0) is 7.72. The minimum Gasteiger partial charge on any atom is -0.368 e. The van der Waals surface area contributed by atoms with Gasteiger partial charge < -0.3 is 11.5 Å². The SMILES string of the molecule is CC1=NC(N)=NC(=O)C1N. The number of hydrogen-bond donors (Lipinski definition) is 2. The summed E-state index contributed by atoms with van der Waals surface area (Å²) in [5.74, 6) is -0.436. The first-order chi connectivity index (χ1) is 4.61. The topological polar surface area (TPSA) is 93.8 Å². The van der Waals surface area contributed by atoms with Crippen molar-refractivity contribution >= 4 is 17.6 Å².